The summed E-state index contributed by atoms with van der Waals surface area (Å²) in [5, 5.41) is 3.30. The second-order valence-electron chi connectivity index (χ2n) is 3.47. The normalized spacial score (nSPS) is 12.4. The first kappa shape index (κ1) is 12.0. The fourth-order valence-electron chi connectivity index (χ4n) is 1.30. The van der Waals surface area contributed by atoms with Gasteiger partial charge in [-0.1, -0.05) is 18.2 Å². The van der Waals surface area contributed by atoms with Crippen molar-refractivity contribution in [2.45, 2.75) is 13.0 Å². The van der Waals surface area contributed by atoms with Crippen LogP contribution in [0.25, 0.3) is 0 Å². The van der Waals surface area contributed by atoms with Crippen LogP contribution in [0.15, 0.2) is 30.3 Å². The van der Waals surface area contributed by atoms with Crippen LogP contribution in [0.4, 0.5) is 0 Å². The van der Waals surface area contributed by atoms with E-state index in [0.717, 1.165) is 18.9 Å². The molecular formula is C12H19NO2. The highest BCUT2D eigenvalue weighted by Crippen LogP contribution is 2.07. The van der Waals surface area contributed by atoms with E-state index in [2.05, 4.69) is 12.2 Å². The van der Waals surface area contributed by atoms with E-state index in [1.807, 2.05) is 30.3 Å². The topological polar surface area (TPSA) is 30.5 Å². The highest BCUT2D eigenvalue weighted by molar-refractivity contribution is 5.20. The standard InChI is InChI=1S/C12H19NO2/c1-11(10-14-2)13-8-9-15-12-6-4-3-5-7-12/h3-7,11,13H,8-10H2,1-2H3/t11-/m1/s1. The van der Waals surface area contributed by atoms with Gasteiger partial charge in [-0.15, -0.1) is 0 Å². The molecule has 1 aromatic rings. The molecule has 0 fully saturated rings. The van der Waals surface area contributed by atoms with E-state index in [4.69, 9.17) is 9.47 Å². The number of hydrogen-bond acceptors (Lipinski definition) is 3. The van der Waals surface area contributed by atoms with Gasteiger partial charge >= 0.3 is 0 Å². The molecule has 0 radical (unpaired) electrons. The maximum atomic E-state index is 5.53. The molecule has 0 bridgehead atoms. The lowest BCUT2D eigenvalue weighted by Gasteiger charge is -2.12. The predicted octanol–water partition coefficient (Wildman–Crippen LogP) is 1.69. The molecule has 0 spiro atoms. The summed E-state index contributed by atoms with van der Waals surface area (Å²) in [5.41, 5.74) is 0. The number of ether oxygens (including phenoxy) is 2. The Morgan fingerprint density at radius 3 is 2.67 bits per heavy atom. The average Bonchev–Trinajstić information content (AvgIpc) is 2.26. The van der Waals surface area contributed by atoms with E-state index in [-0.39, 0.29) is 0 Å². The molecule has 0 unspecified atom stereocenters. The molecule has 1 rings (SSSR count). The van der Waals surface area contributed by atoms with Gasteiger partial charge in [-0.3, -0.25) is 0 Å². The SMILES string of the molecule is COC[C@@H](C)NCCOc1ccccc1. The summed E-state index contributed by atoms with van der Waals surface area (Å²) < 4.78 is 10.5. The van der Waals surface area contributed by atoms with Gasteiger partial charge in [0.1, 0.15) is 12.4 Å². The highest BCUT2D eigenvalue weighted by Gasteiger charge is 1.98. The lowest BCUT2D eigenvalue weighted by atomic mass is 10.3. The van der Waals surface area contributed by atoms with Crippen molar-refractivity contribution in [2.24, 2.45) is 0 Å². The van der Waals surface area contributed by atoms with Crippen molar-refractivity contribution in [3.05, 3.63) is 30.3 Å². The first-order chi connectivity index (χ1) is 7.33. The Labute approximate surface area is 91.4 Å². The lowest BCUT2D eigenvalue weighted by Crippen LogP contribution is -2.33. The van der Waals surface area contributed by atoms with Crippen LogP contribution in [-0.2, 0) is 4.74 Å². The molecule has 0 saturated carbocycles. The molecule has 0 aliphatic rings. The number of nitrogens with one attached hydrogen (secondary N) is 1. The van der Waals surface area contributed by atoms with E-state index in [0.29, 0.717) is 12.6 Å². The summed E-state index contributed by atoms with van der Waals surface area (Å²) in [7, 11) is 1.71. The van der Waals surface area contributed by atoms with Crippen molar-refractivity contribution in [2.75, 3.05) is 26.9 Å². The molecule has 0 saturated heterocycles. The summed E-state index contributed by atoms with van der Waals surface area (Å²) in [6.45, 7) is 4.33. The number of benzene rings is 1. The van der Waals surface area contributed by atoms with Crippen molar-refractivity contribution >= 4 is 0 Å². The predicted molar refractivity (Wildman–Crippen MR) is 61.3 cm³/mol. The molecule has 15 heavy (non-hydrogen) atoms. The lowest BCUT2D eigenvalue weighted by molar-refractivity contribution is 0.169. The van der Waals surface area contributed by atoms with Crippen LogP contribution in [-0.4, -0.2) is 32.9 Å². The van der Waals surface area contributed by atoms with Crippen LogP contribution in [0.1, 0.15) is 6.92 Å². The molecule has 1 N–H and O–H groups in total. The third kappa shape index (κ3) is 5.40. The average molecular weight is 209 g/mol. The van der Waals surface area contributed by atoms with Crippen molar-refractivity contribution in [1.29, 1.82) is 0 Å². The quantitative estimate of drug-likeness (QED) is 0.693. The summed E-state index contributed by atoms with van der Waals surface area (Å²) in [6.07, 6.45) is 0. The second-order valence-corrected chi connectivity index (χ2v) is 3.47. The minimum Gasteiger partial charge on any atom is -0.492 e. The summed E-state index contributed by atoms with van der Waals surface area (Å²) in [6, 6.07) is 10.2. The van der Waals surface area contributed by atoms with Gasteiger partial charge in [0.25, 0.3) is 0 Å². The minimum absolute atomic E-state index is 0.370. The molecule has 0 heterocycles. The highest BCUT2D eigenvalue weighted by atomic mass is 16.5. The number of rotatable bonds is 7. The van der Waals surface area contributed by atoms with Gasteiger partial charge in [0.05, 0.1) is 6.61 Å². The van der Waals surface area contributed by atoms with Crippen LogP contribution in [0, 0.1) is 0 Å². The molecule has 84 valence electrons. The Bertz CT molecular complexity index is 251. The molecule has 0 aliphatic carbocycles. The molecule has 3 heteroatoms. The van der Waals surface area contributed by atoms with Crippen LogP contribution >= 0.6 is 0 Å². The Balaban J connectivity index is 2.07. The van der Waals surface area contributed by atoms with E-state index < -0.39 is 0 Å². The molecule has 1 atom stereocenters. The monoisotopic (exact) mass is 209 g/mol. The van der Waals surface area contributed by atoms with Gasteiger partial charge in [-0.25, -0.2) is 0 Å². The van der Waals surface area contributed by atoms with Gasteiger partial charge in [0.2, 0.25) is 0 Å². The van der Waals surface area contributed by atoms with Crippen molar-refractivity contribution < 1.29 is 9.47 Å². The van der Waals surface area contributed by atoms with Crippen molar-refractivity contribution in [3.8, 4) is 5.75 Å². The molecule has 0 amide bonds. The van der Waals surface area contributed by atoms with E-state index in [1.165, 1.54) is 0 Å². The maximum absolute atomic E-state index is 5.53. The summed E-state index contributed by atoms with van der Waals surface area (Å²) >= 11 is 0. The Morgan fingerprint density at radius 1 is 1.27 bits per heavy atom. The summed E-state index contributed by atoms with van der Waals surface area (Å²) in [4.78, 5) is 0. The Hall–Kier alpha value is -1.06. The fraction of sp³-hybridized carbons (Fsp3) is 0.500. The van der Waals surface area contributed by atoms with Gasteiger partial charge < -0.3 is 14.8 Å². The maximum Gasteiger partial charge on any atom is 0.119 e. The van der Waals surface area contributed by atoms with E-state index in [1.54, 1.807) is 7.11 Å². The molecule has 1 aromatic carbocycles. The van der Waals surface area contributed by atoms with Crippen LogP contribution in [0.2, 0.25) is 0 Å². The Morgan fingerprint density at radius 2 is 2.00 bits per heavy atom. The van der Waals surface area contributed by atoms with Crippen LogP contribution in [0.3, 0.4) is 0 Å². The zero-order valence-corrected chi connectivity index (χ0v) is 9.40. The van der Waals surface area contributed by atoms with Crippen LogP contribution < -0.4 is 10.1 Å². The van der Waals surface area contributed by atoms with Gasteiger partial charge in [-0.05, 0) is 19.1 Å². The second kappa shape index (κ2) is 7.26. The van der Waals surface area contributed by atoms with E-state index in [9.17, 15) is 0 Å². The first-order valence-electron chi connectivity index (χ1n) is 5.23. The zero-order chi connectivity index (χ0) is 10.9. The number of methoxy groups -OCH3 is 1. The molecule has 3 nitrogen and oxygen atoms in total. The largest absolute Gasteiger partial charge is 0.492 e. The van der Waals surface area contributed by atoms with Crippen LogP contribution in [0.5, 0.6) is 5.75 Å². The van der Waals surface area contributed by atoms with Crippen molar-refractivity contribution in [1.82, 2.24) is 5.32 Å². The minimum atomic E-state index is 0.370. The molecule has 0 aliphatic heterocycles. The number of hydrogen-bond donors (Lipinski definition) is 1. The molecule has 0 aromatic heterocycles. The third-order valence-corrected chi connectivity index (χ3v) is 2.02. The first-order valence-corrected chi connectivity index (χ1v) is 5.23. The van der Waals surface area contributed by atoms with E-state index >= 15 is 0 Å². The van der Waals surface area contributed by atoms with Crippen molar-refractivity contribution in [3.63, 3.8) is 0 Å². The Kier molecular flexibility index (Phi) is 5.81. The fourth-order valence-corrected chi connectivity index (χ4v) is 1.30. The summed E-state index contributed by atoms with van der Waals surface area (Å²) in [5.74, 6) is 0.915. The third-order valence-electron chi connectivity index (χ3n) is 2.02. The zero-order valence-electron chi connectivity index (χ0n) is 9.40. The smallest absolute Gasteiger partial charge is 0.119 e. The van der Waals surface area contributed by atoms with Gasteiger partial charge in [0, 0.05) is 19.7 Å². The van der Waals surface area contributed by atoms with Gasteiger partial charge in [0.15, 0.2) is 0 Å². The number of para-hydroxylation sites is 1. The molecular weight excluding hydrogens is 190 g/mol. The van der Waals surface area contributed by atoms with Gasteiger partial charge in [-0.2, -0.15) is 0 Å².